The van der Waals surface area contributed by atoms with E-state index in [0.29, 0.717) is 47.9 Å². The fourth-order valence-electron chi connectivity index (χ4n) is 3.63. The van der Waals surface area contributed by atoms with Gasteiger partial charge in [0.1, 0.15) is 18.1 Å². The predicted molar refractivity (Wildman–Crippen MR) is 155 cm³/mol. The molecule has 4 rings (SSSR count). The van der Waals surface area contributed by atoms with E-state index in [1.165, 1.54) is 0 Å². The summed E-state index contributed by atoms with van der Waals surface area (Å²) in [6.07, 6.45) is 1.58. The first-order valence-corrected chi connectivity index (χ1v) is 13.3. The van der Waals surface area contributed by atoms with Crippen molar-refractivity contribution < 1.29 is 9.53 Å². The number of hydrazone groups is 1. The summed E-state index contributed by atoms with van der Waals surface area (Å²) in [7, 11) is 0. The van der Waals surface area contributed by atoms with Crippen LogP contribution in [-0.4, -0.2) is 47.2 Å². The van der Waals surface area contributed by atoms with Gasteiger partial charge in [0.15, 0.2) is 0 Å². The molecule has 1 amide bonds. The molecule has 0 aliphatic rings. The van der Waals surface area contributed by atoms with Gasteiger partial charge in [-0.1, -0.05) is 35.9 Å². The Kier molecular flexibility index (Phi) is 10.0. The molecular weight excluding hydrogens is 545 g/mol. The summed E-state index contributed by atoms with van der Waals surface area (Å²) in [4.78, 5) is 14.6. The summed E-state index contributed by atoms with van der Waals surface area (Å²) >= 11 is 17.7. The SMILES string of the molecule is O=C(N/N=C\c1ccc(N(CCCl)CCCl)cc1)c1cc(-c2ccc(OCc3ccc(Cl)cc3)cc2)n[nH]1. The van der Waals surface area contributed by atoms with E-state index in [1.54, 1.807) is 12.3 Å². The maximum Gasteiger partial charge on any atom is 0.289 e. The third kappa shape index (κ3) is 7.74. The van der Waals surface area contributed by atoms with Crippen LogP contribution in [-0.2, 0) is 6.61 Å². The third-order valence-corrected chi connectivity index (χ3v) is 6.23. The zero-order valence-electron chi connectivity index (χ0n) is 20.4. The Bertz CT molecular complexity index is 1330. The zero-order chi connectivity index (χ0) is 26.7. The number of H-pyrrole nitrogens is 1. The summed E-state index contributed by atoms with van der Waals surface area (Å²) in [6, 6.07) is 24.5. The number of nitrogens with zero attached hydrogens (tertiary/aromatic N) is 3. The lowest BCUT2D eigenvalue weighted by molar-refractivity contribution is 0.0950. The van der Waals surface area contributed by atoms with Crippen LogP contribution in [0.2, 0.25) is 5.02 Å². The number of amides is 1. The number of alkyl halides is 2. The summed E-state index contributed by atoms with van der Waals surface area (Å²) < 4.78 is 5.82. The molecular formula is C28H26Cl3N5O2. The van der Waals surface area contributed by atoms with Crippen LogP contribution >= 0.6 is 34.8 Å². The lowest BCUT2D eigenvalue weighted by Gasteiger charge is -2.22. The van der Waals surface area contributed by atoms with E-state index in [1.807, 2.05) is 72.8 Å². The van der Waals surface area contributed by atoms with Gasteiger partial charge in [-0.15, -0.1) is 23.2 Å². The van der Waals surface area contributed by atoms with E-state index in [4.69, 9.17) is 39.5 Å². The molecule has 7 nitrogen and oxygen atoms in total. The molecule has 1 heterocycles. The van der Waals surface area contributed by atoms with Crippen LogP contribution in [0.15, 0.2) is 84.0 Å². The number of hydrogen-bond acceptors (Lipinski definition) is 5. The third-order valence-electron chi connectivity index (χ3n) is 5.64. The molecule has 0 saturated heterocycles. The fourth-order valence-corrected chi connectivity index (χ4v) is 4.16. The van der Waals surface area contributed by atoms with Crippen molar-refractivity contribution in [1.82, 2.24) is 15.6 Å². The number of rotatable bonds is 12. The number of carbonyl (C=O) groups is 1. The Labute approximate surface area is 236 Å². The topological polar surface area (TPSA) is 82.6 Å². The van der Waals surface area contributed by atoms with Gasteiger partial charge in [-0.2, -0.15) is 10.2 Å². The number of nitrogens with one attached hydrogen (secondary N) is 2. The van der Waals surface area contributed by atoms with Crippen LogP contribution in [0.3, 0.4) is 0 Å². The van der Waals surface area contributed by atoms with Gasteiger partial charge in [0.05, 0.1) is 11.9 Å². The Morgan fingerprint density at radius 3 is 2.32 bits per heavy atom. The minimum absolute atomic E-state index is 0.299. The van der Waals surface area contributed by atoms with Crippen LogP contribution in [0, 0.1) is 0 Å². The number of carbonyl (C=O) groups excluding carboxylic acids is 1. The number of benzene rings is 3. The fraction of sp³-hybridized carbons (Fsp3) is 0.179. The second-order valence-corrected chi connectivity index (χ2v) is 9.45. The van der Waals surface area contributed by atoms with E-state index in [-0.39, 0.29) is 0 Å². The van der Waals surface area contributed by atoms with Gasteiger partial charge in [-0.05, 0) is 65.7 Å². The first kappa shape index (κ1) is 27.5. The van der Waals surface area contributed by atoms with Gasteiger partial charge >= 0.3 is 0 Å². The van der Waals surface area contributed by atoms with E-state index < -0.39 is 5.91 Å². The standard InChI is InChI=1S/C28H26Cl3N5O2/c29-13-15-36(16-14-30)24-9-3-20(4-10-24)18-32-35-28(37)27-17-26(33-34-27)22-5-11-25(12-6-22)38-19-21-1-7-23(31)8-2-21/h1-12,17-18H,13-16,19H2,(H,33,34)(H,35,37)/b32-18-. The van der Waals surface area contributed by atoms with Crippen molar-refractivity contribution >= 4 is 52.6 Å². The summed E-state index contributed by atoms with van der Waals surface area (Å²) in [5.74, 6) is 1.37. The average Bonchev–Trinajstić information content (AvgIpc) is 3.44. The van der Waals surface area contributed by atoms with Crippen LogP contribution in [0.4, 0.5) is 5.69 Å². The zero-order valence-corrected chi connectivity index (χ0v) is 22.7. The predicted octanol–water partition coefficient (Wildman–Crippen LogP) is 6.36. The van der Waals surface area contributed by atoms with E-state index in [0.717, 1.165) is 28.1 Å². The van der Waals surface area contributed by atoms with Gasteiger partial charge in [0.2, 0.25) is 0 Å². The highest BCUT2D eigenvalue weighted by atomic mass is 35.5. The van der Waals surface area contributed by atoms with Crippen molar-refractivity contribution in [3.63, 3.8) is 0 Å². The Morgan fingerprint density at radius 2 is 1.66 bits per heavy atom. The van der Waals surface area contributed by atoms with Gasteiger partial charge in [0.25, 0.3) is 5.91 Å². The quantitative estimate of drug-likeness (QED) is 0.118. The maximum absolute atomic E-state index is 12.5. The molecule has 0 spiro atoms. The molecule has 3 aromatic carbocycles. The van der Waals surface area contributed by atoms with Gasteiger partial charge in [0, 0.05) is 41.1 Å². The van der Waals surface area contributed by atoms with Crippen molar-refractivity contribution in [2.45, 2.75) is 6.61 Å². The highest BCUT2D eigenvalue weighted by Gasteiger charge is 2.11. The van der Waals surface area contributed by atoms with Crippen LogP contribution in [0.1, 0.15) is 21.6 Å². The number of anilines is 1. The number of hydrogen-bond donors (Lipinski definition) is 2. The highest BCUT2D eigenvalue weighted by molar-refractivity contribution is 6.30. The summed E-state index contributed by atoms with van der Waals surface area (Å²) in [5, 5.41) is 11.8. The normalized spacial score (nSPS) is 11.0. The Hall–Kier alpha value is -3.52. The van der Waals surface area contributed by atoms with Gasteiger partial charge < -0.3 is 9.64 Å². The Balaban J connectivity index is 1.29. The highest BCUT2D eigenvalue weighted by Crippen LogP contribution is 2.22. The molecule has 196 valence electrons. The molecule has 4 aromatic rings. The molecule has 10 heteroatoms. The first-order valence-electron chi connectivity index (χ1n) is 11.9. The maximum atomic E-state index is 12.5. The molecule has 2 N–H and O–H groups in total. The molecule has 0 atom stereocenters. The van der Waals surface area contributed by atoms with Crippen LogP contribution in [0.5, 0.6) is 5.75 Å². The van der Waals surface area contributed by atoms with E-state index in [2.05, 4.69) is 25.6 Å². The molecule has 0 bridgehead atoms. The van der Waals surface area contributed by atoms with Crippen LogP contribution < -0.4 is 15.1 Å². The molecule has 0 aliphatic heterocycles. The monoisotopic (exact) mass is 569 g/mol. The second-order valence-electron chi connectivity index (χ2n) is 8.26. The van der Waals surface area contributed by atoms with Crippen molar-refractivity contribution in [3.05, 3.63) is 101 Å². The molecule has 1 aromatic heterocycles. The number of aromatic nitrogens is 2. The minimum atomic E-state index is -0.394. The summed E-state index contributed by atoms with van der Waals surface area (Å²) in [5.41, 5.74) is 7.20. The second kappa shape index (κ2) is 13.9. The van der Waals surface area contributed by atoms with Crippen molar-refractivity contribution in [2.24, 2.45) is 5.10 Å². The lowest BCUT2D eigenvalue weighted by atomic mass is 10.1. The minimum Gasteiger partial charge on any atom is -0.489 e. The van der Waals surface area contributed by atoms with Crippen molar-refractivity contribution in [1.29, 1.82) is 0 Å². The summed E-state index contributed by atoms with van der Waals surface area (Å²) in [6.45, 7) is 1.87. The number of ether oxygens (including phenoxy) is 1. The van der Waals surface area contributed by atoms with Gasteiger partial charge in [-0.25, -0.2) is 5.43 Å². The lowest BCUT2D eigenvalue weighted by Crippen LogP contribution is -2.27. The average molecular weight is 571 g/mol. The van der Waals surface area contributed by atoms with Gasteiger partial charge in [-0.3, -0.25) is 9.89 Å². The molecule has 0 radical (unpaired) electrons. The molecule has 0 saturated carbocycles. The van der Waals surface area contributed by atoms with Crippen molar-refractivity contribution in [2.75, 3.05) is 29.7 Å². The number of aromatic amines is 1. The largest absolute Gasteiger partial charge is 0.489 e. The molecule has 0 fully saturated rings. The van der Waals surface area contributed by atoms with Crippen molar-refractivity contribution in [3.8, 4) is 17.0 Å². The Morgan fingerprint density at radius 1 is 0.974 bits per heavy atom. The van der Waals surface area contributed by atoms with Crippen LogP contribution in [0.25, 0.3) is 11.3 Å². The van der Waals surface area contributed by atoms with E-state index >= 15 is 0 Å². The molecule has 0 aliphatic carbocycles. The molecule has 38 heavy (non-hydrogen) atoms. The smallest absolute Gasteiger partial charge is 0.289 e. The van der Waals surface area contributed by atoms with E-state index in [9.17, 15) is 4.79 Å². The molecule has 0 unspecified atom stereocenters. The first-order chi connectivity index (χ1) is 18.6. The number of halogens is 3.